The summed E-state index contributed by atoms with van der Waals surface area (Å²) in [4.78, 5) is 13.2. The summed E-state index contributed by atoms with van der Waals surface area (Å²) in [5, 5.41) is 0. The van der Waals surface area contributed by atoms with Crippen molar-refractivity contribution in [3.8, 4) is 0 Å². The molecule has 0 aromatic carbocycles. The van der Waals surface area contributed by atoms with Crippen LogP contribution in [0, 0.1) is 0 Å². The highest BCUT2D eigenvalue weighted by Gasteiger charge is 2.22. The molecule has 1 fully saturated rings. The second kappa shape index (κ2) is 6.80. The van der Waals surface area contributed by atoms with Crippen LogP contribution in [0.15, 0.2) is 0 Å². The first kappa shape index (κ1) is 12.5. The molecular weight excluding hydrogens is 190 g/mol. The maximum absolute atomic E-state index is 11.0. The molecule has 1 aliphatic rings. The summed E-state index contributed by atoms with van der Waals surface area (Å²) in [6, 6.07) is 0.579. The molecule has 4 heteroatoms. The number of carbonyl (C=O) groups excluding carboxylic acids is 1. The quantitative estimate of drug-likeness (QED) is 0.603. The van der Waals surface area contributed by atoms with Crippen LogP contribution in [0.1, 0.15) is 38.5 Å². The summed E-state index contributed by atoms with van der Waals surface area (Å²) < 4.78 is 0. The van der Waals surface area contributed by atoms with E-state index in [4.69, 9.17) is 11.5 Å². The van der Waals surface area contributed by atoms with E-state index in [0.29, 0.717) is 12.6 Å². The molecule has 0 spiro atoms. The highest BCUT2D eigenvalue weighted by atomic mass is 16.1. The largest absolute Gasteiger partial charge is 0.369 e. The molecule has 4 nitrogen and oxygen atoms in total. The van der Waals surface area contributed by atoms with E-state index in [-0.39, 0.29) is 5.91 Å². The van der Waals surface area contributed by atoms with Crippen molar-refractivity contribution in [2.45, 2.75) is 44.6 Å². The van der Waals surface area contributed by atoms with Crippen LogP contribution in [0.4, 0.5) is 0 Å². The van der Waals surface area contributed by atoms with Crippen molar-refractivity contribution in [1.29, 1.82) is 0 Å². The fourth-order valence-electron chi connectivity index (χ4n) is 2.32. The lowest BCUT2D eigenvalue weighted by molar-refractivity contribution is -0.119. The van der Waals surface area contributed by atoms with Gasteiger partial charge in [0.1, 0.15) is 0 Å². The van der Waals surface area contributed by atoms with Gasteiger partial charge in [-0.1, -0.05) is 12.8 Å². The molecule has 0 radical (unpaired) electrons. The zero-order valence-electron chi connectivity index (χ0n) is 9.45. The standard InChI is InChI=1S/C11H23N3O/c12-7-3-4-8-14(9-11(13)15)10-5-1-2-6-10/h10H,1-9,12H2,(H2,13,15). The average Bonchev–Trinajstić information content (AvgIpc) is 2.68. The lowest BCUT2D eigenvalue weighted by Gasteiger charge is -2.27. The number of hydrogen-bond acceptors (Lipinski definition) is 3. The van der Waals surface area contributed by atoms with Crippen LogP contribution in [-0.4, -0.2) is 36.5 Å². The van der Waals surface area contributed by atoms with Crippen LogP contribution in [0.2, 0.25) is 0 Å². The first-order chi connectivity index (χ1) is 7.24. The molecule has 4 N–H and O–H groups in total. The maximum atomic E-state index is 11.0. The Labute approximate surface area is 92.0 Å². The molecule has 0 atom stereocenters. The number of nitrogens with zero attached hydrogens (tertiary/aromatic N) is 1. The predicted octanol–water partition coefficient (Wildman–Crippen LogP) is 0.455. The highest BCUT2D eigenvalue weighted by molar-refractivity contribution is 5.75. The van der Waals surface area contributed by atoms with Gasteiger partial charge in [0.05, 0.1) is 6.54 Å². The molecule has 0 bridgehead atoms. The lowest BCUT2D eigenvalue weighted by atomic mass is 10.2. The van der Waals surface area contributed by atoms with Gasteiger partial charge in [0.25, 0.3) is 0 Å². The molecule has 1 rings (SSSR count). The van der Waals surface area contributed by atoms with Gasteiger partial charge in [0.15, 0.2) is 0 Å². The number of rotatable bonds is 7. The monoisotopic (exact) mass is 213 g/mol. The topological polar surface area (TPSA) is 72.3 Å². The third-order valence-corrected chi connectivity index (χ3v) is 3.10. The fraction of sp³-hybridized carbons (Fsp3) is 0.909. The molecule has 1 aliphatic carbocycles. The van der Waals surface area contributed by atoms with Gasteiger partial charge in [-0.3, -0.25) is 9.69 Å². The summed E-state index contributed by atoms with van der Waals surface area (Å²) in [5.74, 6) is -0.213. The summed E-state index contributed by atoms with van der Waals surface area (Å²) >= 11 is 0. The summed E-state index contributed by atoms with van der Waals surface area (Å²) in [7, 11) is 0. The van der Waals surface area contributed by atoms with Gasteiger partial charge in [-0.2, -0.15) is 0 Å². The minimum atomic E-state index is -0.213. The minimum absolute atomic E-state index is 0.213. The van der Waals surface area contributed by atoms with Crippen LogP contribution >= 0.6 is 0 Å². The van der Waals surface area contributed by atoms with E-state index in [1.54, 1.807) is 0 Å². The summed E-state index contributed by atoms with van der Waals surface area (Å²) in [6.45, 7) is 2.11. The van der Waals surface area contributed by atoms with Crippen LogP contribution in [0.5, 0.6) is 0 Å². The van der Waals surface area contributed by atoms with Gasteiger partial charge in [0, 0.05) is 6.04 Å². The molecule has 0 saturated heterocycles. The second-order valence-electron chi connectivity index (χ2n) is 4.37. The van der Waals surface area contributed by atoms with Crippen molar-refractivity contribution in [2.24, 2.45) is 11.5 Å². The van der Waals surface area contributed by atoms with Crippen LogP contribution < -0.4 is 11.5 Å². The molecule has 0 heterocycles. The van der Waals surface area contributed by atoms with E-state index in [0.717, 1.165) is 25.9 Å². The molecule has 88 valence electrons. The molecular formula is C11H23N3O. The Morgan fingerprint density at radius 1 is 1.27 bits per heavy atom. The Kier molecular flexibility index (Phi) is 5.65. The number of carbonyl (C=O) groups is 1. The van der Waals surface area contributed by atoms with E-state index in [2.05, 4.69) is 4.90 Å². The normalized spacial score (nSPS) is 17.5. The van der Waals surface area contributed by atoms with Crippen LogP contribution in [0.25, 0.3) is 0 Å². The van der Waals surface area contributed by atoms with Gasteiger partial charge < -0.3 is 11.5 Å². The Balaban J connectivity index is 2.33. The highest BCUT2D eigenvalue weighted by Crippen LogP contribution is 2.23. The number of amides is 1. The third-order valence-electron chi connectivity index (χ3n) is 3.10. The first-order valence-electron chi connectivity index (χ1n) is 5.96. The molecule has 0 aliphatic heterocycles. The average molecular weight is 213 g/mol. The van der Waals surface area contributed by atoms with Gasteiger partial charge in [-0.05, 0) is 38.8 Å². The Hall–Kier alpha value is -0.610. The van der Waals surface area contributed by atoms with Crippen molar-refractivity contribution >= 4 is 5.91 Å². The Morgan fingerprint density at radius 2 is 1.93 bits per heavy atom. The Bertz CT molecular complexity index is 190. The third kappa shape index (κ3) is 4.62. The number of nitrogens with two attached hydrogens (primary N) is 2. The molecule has 1 amide bonds. The summed E-state index contributed by atoms with van der Waals surface area (Å²) in [6.07, 6.45) is 7.11. The molecule has 1 saturated carbocycles. The van der Waals surface area contributed by atoms with E-state index in [1.807, 2.05) is 0 Å². The van der Waals surface area contributed by atoms with Crippen LogP contribution in [-0.2, 0) is 4.79 Å². The molecule has 0 aromatic rings. The van der Waals surface area contributed by atoms with Crippen molar-refractivity contribution in [3.63, 3.8) is 0 Å². The zero-order chi connectivity index (χ0) is 11.1. The maximum Gasteiger partial charge on any atom is 0.231 e. The van der Waals surface area contributed by atoms with Crippen molar-refractivity contribution < 1.29 is 4.79 Å². The zero-order valence-corrected chi connectivity index (χ0v) is 9.45. The SMILES string of the molecule is NCCCCN(CC(N)=O)C1CCCC1. The first-order valence-corrected chi connectivity index (χ1v) is 5.96. The van der Waals surface area contributed by atoms with E-state index in [9.17, 15) is 4.79 Å². The van der Waals surface area contributed by atoms with Crippen molar-refractivity contribution in [3.05, 3.63) is 0 Å². The van der Waals surface area contributed by atoms with Gasteiger partial charge in [-0.15, -0.1) is 0 Å². The van der Waals surface area contributed by atoms with Crippen molar-refractivity contribution in [2.75, 3.05) is 19.6 Å². The lowest BCUT2D eigenvalue weighted by Crippen LogP contribution is -2.40. The minimum Gasteiger partial charge on any atom is -0.369 e. The van der Waals surface area contributed by atoms with Gasteiger partial charge >= 0.3 is 0 Å². The molecule has 15 heavy (non-hydrogen) atoms. The van der Waals surface area contributed by atoms with Crippen molar-refractivity contribution in [1.82, 2.24) is 4.90 Å². The van der Waals surface area contributed by atoms with E-state index in [1.165, 1.54) is 25.7 Å². The smallest absolute Gasteiger partial charge is 0.231 e. The second-order valence-corrected chi connectivity index (χ2v) is 4.37. The molecule has 0 unspecified atom stereocenters. The van der Waals surface area contributed by atoms with Crippen LogP contribution in [0.3, 0.4) is 0 Å². The van der Waals surface area contributed by atoms with E-state index >= 15 is 0 Å². The molecule has 0 aromatic heterocycles. The Morgan fingerprint density at radius 3 is 2.47 bits per heavy atom. The predicted molar refractivity (Wildman–Crippen MR) is 61.3 cm³/mol. The number of hydrogen-bond donors (Lipinski definition) is 2. The number of primary amides is 1. The van der Waals surface area contributed by atoms with Gasteiger partial charge in [-0.25, -0.2) is 0 Å². The number of unbranched alkanes of at least 4 members (excludes halogenated alkanes) is 1. The van der Waals surface area contributed by atoms with E-state index < -0.39 is 0 Å². The summed E-state index contributed by atoms with van der Waals surface area (Å²) in [5.41, 5.74) is 10.7. The fourth-order valence-corrected chi connectivity index (χ4v) is 2.32. The van der Waals surface area contributed by atoms with Gasteiger partial charge in [0.2, 0.25) is 5.91 Å².